The molecule has 2 saturated carbocycles. The maximum Gasteiger partial charge on any atom is 0.416 e. The quantitative estimate of drug-likeness (QED) is 0.134. The number of ether oxygens (including phenoxy) is 2. The summed E-state index contributed by atoms with van der Waals surface area (Å²) in [6.45, 7) is 3.79. The van der Waals surface area contributed by atoms with Crippen molar-refractivity contribution in [3.05, 3.63) is 96.1 Å². The van der Waals surface area contributed by atoms with Gasteiger partial charge in [0.25, 0.3) is 5.88 Å². The SMILES string of the molecule is CC(C)Oc1ccc(-c2nc(O[C@@H]3C[C@H]4C(=O)C[C@]5(C(=O)NS(=O)(=O)C6CC6)C[C@H]5/C=C\CCCCC[C@H](Cc5cccc(C(F)(F)F)c5)C(=O)N4C3)c3oc4ccccc4c3n2)cc1. The molecule has 4 heterocycles. The normalized spacial score (nSPS) is 24.9. The fraction of sp³-hybridized carbons (Fsp3) is 0.449. The van der Waals surface area contributed by atoms with E-state index in [-0.39, 0.29) is 55.7 Å². The van der Waals surface area contributed by atoms with Gasteiger partial charge in [-0.25, -0.2) is 13.4 Å². The summed E-state index contributed by atoms with van der Waals surface area (Å²) in [6.07, 6.45) is 2.42. The summed E-state index contributed by atoms with van der Waals surface area (Å²) in [4.78, 5) is 55.0. The molecule has 5 atom stereocenters. The Morgan fingerprint density at radius 2 is 1.77 bits per heavy atom. The van der Waals surface area contributed by atoms with Crippen LogP contribution in [0.25, 0.3) is 33.5 Å². The first kappa shape index (κ1) is 44.4. The minimum atomic E-state index is -4.58. The lowest BCUT2D eigenvalue weighted by Gasteiger charge is -2.29. The van der Waals surface area contributed by atoms with Crippen molar-refractivity contribution in [1.82, 2.24) is 19.6 Å². The summed E-state index contributed by atoms with van der Waals surface area (Å²) in [5.41, 5.74) is 0.152. The Labute approximate surface area is 375 Å². The van der Waals surface area contributed by atoms with Crippen LogP contribution >= 0.6 is 0 Å². The number of hydrogen-bond acceptors (Lipinski definition) is 10. The summed E-state index contributed by atoms with van der Waals surface area (Å²) in [5, 5.41) is 0.0693. The summed E-state index contributed by atoms with van der Waals surface area (Å²) < 4.78 is 88.7. The lowest BCUT2D eigenvalue weighted by molar-refractivity contribution is -0.142. The molecule has 1 N–H and O–H groups in total. The molecule has 1 saturated heterocycles. The molecule has 2 aliphatic heterocycles. The van der Waals surface area contributed by atoms with Crippen molar-refractivity contribution in [3.63, 3.8) is 0 Å². The fourth-order valence-electron chi connectivity index (χ4n) is 9.37. The van der Waals surface area contributed by atoms with Crippen molar-refractivity contribution in [2.45, 2.75) is 114 Å². The van der Waals surface area contributed by atoms with Crippen LogP contribution < -0.4 is 14.2 Å². The minimum Gasteiger partial charge on any atom is -0.491 e. The number of Topliss-reactive ketones (excluding diaryl/α,β-unsaturated/α-hetero) is 1. The largest absolute Gasteiger partial charge is 0.491 e. The maximum absolute atomic E-state index is 15.0. The second kappa shape index (κ2) is 17.6. The predicted molar refractivity (Wildman–Crippen MR) is 236 cm³/mol. The van der Waals surface area contributed by atoms with Crippen molar-refractivity contribution in [2.75, 3.05) is 6.54 Å². The molecule has 0 bridgehead atoms. The van der Waals surface area contributed by atoms with Gasteiger partial charge in [0.05, 0.1) is 34.9 Å². The molecule has 342 valence electrons. The molecule has 16 heteroatoms. The molecule has 9 rings (SSSR count). The van der Waals surface area contributed by atoms with E-state index in [1.807, 2.05) is 68.5 Å². The van der Waals surface area contributed by atoms with Gasteiger partial charge in [-0.2, -0.15) is 18.2 Å². The van der Waals surface area contributed by atoms with E-state index in [0.29, 0.717) is 65.9 Å². The minimum absolute atomic E-state index is 0.00171. The number of alkyl halides is 3. The van der Waals surface area contributed by atoms with Gasteiger partial charge >= 0.3 is 6.18 Å². The number of nitrogens with zero attached hydrogens (tertiary/aromatic N) is 3. The third-order valence-corrected chi connectivity index (χ3v) is 14.8. The van der Waals surface area contributed by atoms with Gasteiger partial charge in [-0.3, -0.25) is 19.1 Å². The molecule has 12 nitrogen and oxygen atoms in total. The van der Waals surface area contributed by atoms with Gasteiger partial charge < -0.3 is 18.8 Å². The Kier molecular flexibility index (Phi) is 12.0. The number of fused-ring (bicyclic) bond motifs is 5. The first-order valence-corrected chi connectivity index (χ1v) is 24.0. The molecule has 2 aromatic heterocycles. The smallest absolute Gasteiger partial charge is 0.416 e. The fourth-order valence-corrected chi connectivity index (χ4v) is 10.8. The molecular formula is C49H51F3N4O8S. The van der Waals surface area contributed by atoms with Crippen LogP contribution in [0.1, 0.15) is 89.2 Å². The van der Waals surface area contributed by atoms with E-state index in [1.165, 1.54) is 11.0 Å². The van der Waals surface area contributed by atoms with E-state index in [4.69, 9.17) is 23.9 Å². The number of carbonyl (C=O) groups excluding carboxylic acids is 3. The van der Waals surface area contributed by atoms with Crippen molar-refractivity contribution in [3.8, 4) is 23.0 Å². The third-order valence-electron chi connectivity index (χ3n) is 13.0. The van der Waals surface area contributed by atoms with Gasteiger partial charge in [0.1, 0.15) is 23.0 Å². The molecule has 3 fully saturated rings. The molecular weight excluding hydrogens is 862 g/mol. The molecule has 2 aliphatic carbocycles. The molecule has 0 unspecified atom stereocenters. The standard InChI is InChI=1S/C49H51F3N4O8S/c1-29(2)62-35-19-17-31(18-20-35)44-53-42-38-15-8-9-16-41(38)64-43(42)45(54-44)63-36-25-39-40(57)27-48(47(59)55-65(60,61)37-21-22-37)26-34(48)13-7-5-3-4-6-12-32(46(58)56(39)28-36)23-30-11-10-14-33(24-30)49(50,51)52/h7-11,13-20,24,29,32,34,36-37,39H,3-6,12,21-23,25-28H2,1-2H3,(H,55,59)/b13-7-/t32-,34-,36-,39+,48-/m1/s1. The number of aromatic nitrogens is 2. The summed E-state index contributed by atoms with van der Waals surface area (Å²) in [5.74, 6) is -1.66. The van der Waals surface area contributed by atoms with Crippen LogP contribution in [0.2, 0.25) is 0 Å². The van der Waals surface area contributed by atoms with Crippen LogP contribution in [0.5, 0.6) is 11.6 Å². The van der Waals surface area contributed by atoms with E-state index < -0.39 is 68.1 Å². The average Bonchev–Trinajstić information content (AvgIpc) is 4.17. The van der Waals surface area contributed by atoms with Gasteiger partial charge in [-0.1, -0.05) is 55.3 Å². The molecule has 5 aromatic rings. The van der Waals surface area contributed by atoms with E-state index in [1.54, 1.807) is 12.1 Å². The van der Waals surface area contributed by atoms with Crippen LogP contribution in [0.3, 0.4) is 0 Å². The van der Waals surface area contributed by atoms with Gasteiger partial charge in [-0.05, 0) is 113 Å². The Morgan fingerprint density at radius 1 is 0.985 bits per heavy atom. The second-order valence-corrected chi connectivity index (χ2v) is 20.2. The Hall–Kier alpha value is -5.77. The van der Waals surface area contributed by atoms with Crippen LogP contribution in [0.4, 0.5) is 13.2 Å². The molecule has 2 amide bonds. The van der Waals surface area contributed by atoms with Gasteiger partial charge in [0, 0.05) is 29.7 Å². The van der Waals surface area contributed by atoms with E-state index in [0.717, 1.165) is 30.4 Å². The second-order valence-electron chi connectivity index (χ2n) is 18.3. The summed E-state index contributed by atoms with van der Waals surface area (Å²) in [6, 6.07) is 18.5. The first-order chi connectivity index (χ1) is 31.1. The van der Waals surface area contributed by atoms with E-state index in [9.17, 15) is 31.2 Å². The monoisotopic (exact) mass is 912 g/mol. The lowest BCUT2D eigenvalue weighted by atomic mass is 9.89. The van der Waals surface area contributed by atoms with Crippen LogP contribution in [-0.2, 0) is 37.0 Å². The number of halogens is 3. The molecule has 3 aromatic carbocycles. The van der Waals surface area contributed by atoms with E-state index >= 15 is 4.79 Å². The van der Waals surface area contributed by atoms with E-state index in [2.05, 4.69) is 4.72 Å². The molecule has 65 heavy (non-hydrogen) atoms. The highest BCUT2D eigenvalue weighted by Crippen LogP contribution is 2.57. The van der Waals surface area contributed by atoms with Crippen molar-refractivity contribution in [1.29, 1.82) is 0 Å². The zero-order valence-corrected chi connectivity index (χ0v) is 37.0. The van der Waals surface area contributed by atoms with Crippen LogP contribution in [0.15, 0.2) is 89.4 Å². The zero-order chi connectivity index (χ0) is 45.7. The topological polar surface area (TPSA) is 158 Å². The van der Waals surface area contributed by atoms with Crippen LogP contribution in [-0.4, -0.2) is 70.9 Å². The maximum atomic E-state index is 15.0. The number of sulfonamides is 1. The number of amides is 2. The Morgan fingerprint density at radius 3 is 2.52 bits per heavy atom. The Bertz CT molecular complexity index is 2770. The molecule has 0 spiro atoms. The van der Waals surface area contributed by atoms with Crippen LogP contribution in [0, 0.1) is 17.3 Å². The summed E-state index contributed by atoms with van der Waals surface area (Å²) >= 11 is 0. The zero-order valence-electron chi connectivity index (χ0n) is 36.2. The number of para-hydroxylation sites is 1. The number of allylic oxidation sites excluding steroid dienone is 2. The average molecular weight is 913 g/mol. The Balaban J connectivity index is 1.07. The number of rotatable bonds is 10. The highest BCUT2D eigenvalue weighted by molar-refractivity contribution is 7.90. The van der Waals surface area contributed by atoms with Gasteiger partial charge in [-0.15, -0.1) is 0 Å². The third kappa shape index (κ3) is 9.50. The highest BCUT2D eigenvalue weighted by atomic mass is 32.2. The number of hydrogen-bond donors (Lipinski definition) is 1. The van der Waals surface area contributed by atoms with Crippen molar-refractivity contribution in [2.24, 2.45) is 17.3 Å². The first-order valence-electron chi connectivity index (χ1n) is 22.4. The number of carbonyl (C=O) groups is 3. The number of furan rings is 1. The number of benzene rings is 3. The molecule has 4 aliphatic rings. The summed E-state index contributed by atoms with van der Waals surface area (Å²) in [7, 11) is -3.93. The van der Waals surface area contributed by atoms with Crippen molar-refractivity contribution < 1.29 is 49.9 Å². The number of ketones is 1. The van der Waals surface area contributed by atoms with Gasteiger partial charge in [0.15, 0.2) is 11.6 Å². The molecule has 0 radical (unpaired) electrons. The number of nitrogens with one attached hydrogen (secondary N) is 1. The highest BCUT2D eigenvalue weighted by Gasteiger charge is 2.61. The lowest BCUT2D eigenvalue weighted by Crippen LogP contribution is -2.46. The van der Waals surface area contributed by atoms with Gasteiger partial charge in [0.2, 0.25) is 27.4 Å². The van der Waals surface area contributed by atoms with Crippen molar-refractivity contribution >= 4 is 49.7 Å². The predicted octanol–water partition coefficient (Wildman–Crippen LogP) is 9.15.